The van der Waals surface area contributed by atoms with Crippen LogP contribution in [0.1, 0.15) is 13.0 Å². The molecule has 2 rings (SSSR count). The topological polar surface area (TPSA) is 80.9 Å². The molecule has 0 aromatic carbocycles. The molecule has 2 heterocycles. The molecule has 2 aromatic heterocycles. The number of carbonyl (C=O) groups is 1. The van der Waals surface area contributed by atoms with Crippen molar-refractivity contribution in [2.24, 2.45) is 0 Å². The van der Waals surface area contributed by atoms with Gasteiger partial charge in [0.15, 0.2) is 5.82 Å². The molecule has 0 fully saturated rings. The first-order chi connectivity index (χ1) is 7.70. The molecule has 1 unspecified atom stereocenters. The first-order valence-electron chi connectivity index (χ1n) is 4.74. The number of carboxylic acid groups (broad SMARTS) is 1. The highest BCUT2D eigenvalue weighted by atomic mass is 16.4. The molecule has 1 N–H and O–H groups in total. The number of nitrogens with zero attached hydrogens (tertiary/aromatic N) is 4. The van der Waals surface area contributed by atoms with Crippen molar-refractivity contribution in [3.05, 3.63) is 30.7 Å². The van der Waals surface area contributed by atoms with Crippen LogP contribution in [-0.2, 0) is 4.79 Å². The van der Waals surface area contributed by atoms with Crippen LogP contribution in [0, 0.1) is 0 Å². The van der Waals surface area contributed by atoms with Crippen LogP contribution in [0.4, 0.5) is 0 Å². The van der Waals surface area contributed by atoms with Gasteiger partial charge in [0, 0.05) is 6.20 Å². The van der Waals surface area contributed by atoms with Gasteiger partial charge in [-0.05, 0) is 19.1 Å². The van der Waals surface area contributed by atoms with Crippen LogP contribution in [0.2, 0.25) is 0 Å². The van der Waals surface area contributed by atoms with Crippen LogP contribution in [0.25, 0.3) is 11.5 Å². The summed E-state index contributed by atoms with van der Waals surface area (Å²) in [7, 11) is 0. The van der Waals surface area contributed by atoms with Gasteiger partial charge in [-0.3, -0.25) is 9.55 Å². The predicted octanol–water partition coefficient (Wildman–Crippen LogP) is 0.986. The number of aromatic nitrogens is 4. The van der Waals surface area contributed by atoms with Crippen molar-refractivity contribution in [3.8, 4) is 11.5 Å². The number of hydrogen-bond acceptors (Lipinski definition) is 4. The Morgan fingerprint density at radius 3 is 2.94 bits per heavy atom. The number of hydrogen-bond donors (Lipinski definition) is 1. The molecule has 0 spiro atoms. The second-order valence-corrected chi connectivity index (χ2v) is 3.29. The summed E-state index contributed by atoms with van der Waals surface area (Å²) in [5, 5.41) is 16.5. The molecule has 6 nitrogen and oxygen atoms in total. The normalized spacial score (nSPS) is 12.3. The summed E-state index contributed by atoms with van der Waals surface area (Å²) < 4.78 is 1.48. The van der Waals surface area contributed by atoms with Gasteiger partial charge in [0.2, 0.25) is 0 Å². The van der Waals surface area contributed by atoms with Crippen LogP contribution in [0.3, 0.4) is 0 Å². The fourth-order valence-corrected chi connectivity index (χ4v) is 1.32. The maximum atomic E-state index is 10.9. The third-order valence-electron chi connectivity index (χ3n) is 2.24. The van der Waals surface area contributed by atoms with Gasteiger partial charge in [0.05, 0.1) is 0 Å². The van der Waals surface area contributed by atoms with E-state index in [9.17, 15) is 4.79 Å². The van der Waals surface area contributed by atoms with Crippen molar-refractivity contribution in [2.45, 2.75) is 13.0 Å². The van der Waals surface area contributed by atoms with Crippen LogP contribution < -0.4 is 0 Å². The van der Waals surface area contributed by atoms with E-state index in [0.29, 0.717) is 11.5 Å². The SMILES string of the molecule is CC(C(=O)O)n1cnnc1-c1ccccn1. The Morgan fingerprint density at radius 2 is 2.31 bits per heavy atom. The average molecular weight is 218 g/mol. The first kappa shape index (κ1) is 10.3. The summed E-state index contributed by atoms with van der Waals surface area (Å²) in [6, 6.07) is 4.64. The lowest BCUT2D eigenvalue weighted by Gasteiger charge is -2.09. The third-order valence-corrected chi connectivity index (χ3v) is 2.24. The summed E-state index contributed by atoms with van der Waals surface area (Å²) in [6.07, 6.45) is 3.02. The molecule has 16 heavy (non-hydrogen) atoms. The largest absolute Gasteiger partial charge is 0.480 e. The van der Waals surface area contributed by atoms with Gasteiger partial charge < -0.3 is 5.11 Å². The maximum Gasteiger partial charge on any atom is 0.326 e. The van der Waals surface area contributed by atoms with Crippen molar-refractivity contribution in [1.29, 1.82) is 0 Å². The van der Waals surface area contributed by atoms with Crippen molar-refractivity contribution in [2.75, 3.05) is 0 Å². The van der Waals surface area contributed by atoms with E-state index >= 15 is 0 Å². The molecule has 2 aromatic rings. The highest BCUT2D eigenvalue weighted by Gasteiger charge is 2.18. The van der Waals surface area contributed by atoms with Gasteiger partial charge in [-0.2, -0.15) is 0 Å². The van der Waals surface area contributed by atoms with Crippen LogP contribution in [-0.4, -0.2) is 30.8 Å². The third kappa shape index (κ3) is 1.77. The van der Waals surface area contributed by atoms with Gasteiger partial charge in [-0.15, -0.1) is 10.2 Å². The van der Waals surface area contributed by atoms with E-state index in [2.05, 4.69) is 15.2 Å². The van der Waals surface area contributed by atoms with Crippen molar-refractivity contribution in [1.82, 2.24) is 19.7 Å². The summed E-state index contributed by atoms with van der Waals surface area (Å²) in [4.78, 5) is 15.0. The minimum Gasteiger partial charge on any atom is -0.480 e. The standard InChI is InChI=1S/C10H10N4O2/c1-7(10(15)16)14-6-12-13-9(14)8-4-2-3-5-11-8/h2-7H,1H3,(H,15,16). The zero-order valence-corrected chi connectivity index (χ0v) is 8.61. The van der Waals surface area contributed by atoms with Crippen LogP contribution >= 0.6 is 0 Å². The number of rotatable bonds is 3. The summed E-state index contributed by atoms with van der Waals surface area (Å²) in [6.45, 7) is 1.57. The molecule has 0 aliphatic heterocycles. The van der Waals surface area contributed by atoms with Gasteiger partial charge in [-0.25, -0.2) is 4.79 Å². The van der Waals surface area contributed by atoms with Crippen LogP contribution in [0.5, 0.6) is 0 Å². The number of pyridine rings is 1. The van der Waals surface area contributed by atoms with E-state index in [1.165, 1.54) is 10.9 Å². The van der Waals surface area contributed by atoms with E-state index in [0.717, 1.165) is 0 Å². The van der Waals surface area contributed by atoms with E-state index in [1.54, 1.807) is 25.3 Å². The van der Waals surface area contributed by atoms with Crippen molar-refractivity contribution >= 4 is 5.97 Å². The minimum absolute atomic E-state index is 0.454. The van der Waals surface area contributed by atoms with Gasteiger partial charge in [-0.1, -0.05) is 6.07 Å². The molecule has 82 valence electrons. The smallest absolute Gasteiger partial charge is 0.326 e. The lowest BCUT2D eigenvalue weighted by Crippen LogP contribution is -2.16. The molecule has 0 saturated heterocycles. The van der Waals surface area contributed by atoms with Gasteiger partial charge >= 0.3 is 5.97 Å². The van der Waals surface area contributed by atoms with Crippen LogP contribution in [0.15, 0.2) is 30.7 Å². The fraction of sp³-hybridized carbons (Fsp3) is 0.200. The maximum absolute atomic E-state index is 10.9. The minimum atomic E-state index is -0.933. The lowest BCUT2D eigenvalue weighted by atomic mass is 10.3. The summed E-state index contributed by atoms with van der Waals surface area (Å²) in [5.41, 5.74) is 0.605. The van der Waals surface area contributed by atoms with Gasteiger partial charge in [0.25, 0.3) is 0 Å². The molecule has 0 aliphatic rings. The highest BCUT2D eigenvalue weighted by molar-refractivity contribution is 5.72. The Bertz CT molecular complexity index is 495. The monoisotopic (exact) mass is 218 g/mol. The highest BCUT2D eigenvalue weighted by Crippen LogP contribution is 2.17. The zero-order chi connectivity index (χ0) is 11.5. The Balaban J connectivity index is 2.44. The Kier molecular flexibility index (Phi) is 2.63. The predicted molar refractivity (Wildman–Crippen MR) is 55.6 cm³/mol. The van der Waals surface area contributed by atoms with Crippen molar-refractivity contribution in [3.63, 3.8) is 0 Å². The molecule has 0 aliphatic carbocycles. The zero-order valence-electron chi connectivity index (χ0n) is 8.61. The molecule has 0 amide bonds. The summed E-state index contributed by atoms with van der Waals surface area (Å²) in [5.74, 6) is -0.479. The van der Waals surface area contributed by atoms with Crippen molar-refractivity contribution < 1.29 is 9.90 Å². The molecule has 0 radical (unpaired) electrons. The molecule has 0 saturated carbocycles. The Hall–Kier alpha value is -2.24. The van der Waals surface area contributed by atoms with E-state index in [-0.39, 0.29) is 0 Å². The number of carboxylic acids is 1. The number of aliphatic carboxylic acids is 1. The second kappa shape index (κ2) is 4.09. The molecular formula is C10H10N4O2. The Morgan fingerprint density at radius 1 is 1.50 bits per heavy atom. The van der Waals surface area contributed by atoms with Gasteiger partial charge in [0.1, 0.15) is 18.1 Å². The van der Waals surface area contributed by atoms with E-state index in [1.807, 2.05) is 6.07 Å². The molecule has 0 bridgehead atoms. The van der Waals surface area contributed by atoms with E-state index in [4.69, 9.17) is 5.11 Å². The fourth-order valence-electron chi connectivity index (χ4n) is 1.32. The summed E-state index contributed by atoms with van der Waals surface area (Å²) >= 11 is 0. The molecule has 6 heteroatoms. The quantitative estimate of drug-likeness (QED) is 0.830. The Labute approximate surface area is 91.6 Å². The van der Waals surface area contributed by atoms with E-state index < -0.39 is 12.0 Å². The lowest BCUT2D eigenvalue weighted by molar-refractivity contribution is -0.140. The average Bonchev–Trinajstić information content (AvgIpc) is 2.77. The molecule has 1 atom stereocenters. The first-order valence-corrected chi connectivity index (χ1v) is 4.74. The molecular weight excluding hydrogens is 208 g/mol. The second-order valence-electron chi connectivity index (χ2n) is 3.29.